The number of carbonyl (C=O) groups is 1. The Kier molecular flexibility index (Phi) is 6.50. The van der Waals surface area contributed by atoms with Gasteiger partial charge in [-0.25, -0.2) is 0 Å². The lowest BCUT2D eigenvalue weighted by molar-refractivity contribution is -0.146. The van der Waals surface area contributed by atoms with Crippen molar-refractivity contribution in [1.82, 2.24) is 10.6 Å². The summed E-state index contributed by atoms with van der Waals surface area (Å²) in [5.74, 6) is -0.0151. The van der Waals surface area contributed by atoms with Gasteiger partial charge in [0, 0.05) is 23.7 Å². The van der Waals surface area contributed by atoms with Gasteiger partial charge in [-0.2, -0.15) is 0 Å². The van der Waals surface area contributed by atoms with Gasteiger partial charge in [-0.15, -0.1) is 0 Å². The average molecular weight is 345 g/mol. The summed E-state index contributed by atoms with van der Waals surface area (Å²) in [6.45, 7) is 2.22. The number of carbonyl (C=O) groups excluding carboxylic acids is 1. The molecule has 1 aromatic carbocycles. The van der Waals surface area contributed by atoms with Gasteiger partial charge in [0.15, 0.2) is 0 Å². The van der Waals surface area contributed by atoms with E-state index in [0.717, 1.165) is 31.5 Å². The summed E-state index contributed by atoms with van der Waals surface area (Å²) in [7, 11) is 1.61. The van der Waals surface area contributed by atoms with Crippen LogP contribution in [0.15, 0.2) is 18.2 Å². The van der Waals surface area contributed by atoms with E-state index in [2.05, 4.69) is 10.6 Å². The number of benzene rings is 1. The SMILES string of the molecule is COC1(C(=O)NCCCc2ccc(Cl)cc2Cl)CCNCC1. The first kappa shape index (κ1) is 17.5. The lowest BCUT2D eigenvalue weighted by Crippen LogP contribution is -2.54. The maximum atomic E-state index is 12.4. The molecule has 0 aromatic heterocycles. The number of nitrogens with one attached hydrogen (secondary N) is 2. The molecule has 22 heavy (non-hydrogen) atoms. The molecular weight excluding hydrogens is 323 g/mol. The van der Waals surface area contributed by atoms with Crippen LogP contribution in [-0.2, 0) is 16.0 Å². The van der Waals surface area contributed by atoms with Gasteiger partial charge in [0.1, 0.15) is 5.60 Å². The molecule has 1 aliphatic heterocycles. The second-order valence-corrected chi connectivity index (χ2v) is 6.39. The highest BCUT2D eigenvalue weighted by molar-refractivity contribution is 6.35. The van der Waals surface area contributed by atoms with Gasteiger partial charge < -0.3 is 15.4 Å². The quantitative estimate of drug-likeness (QED) is 0.780. The van der Waals surface area contributed by atoms with E-state index in [1.807, 2.05) is 12.1 Å². The Morgan fingerprint density at radius 3 is 2.73 bits per heavy atom. The summed E-state index contributed by atoms with van der Waals surface area (Å²) in [4.78, 5) is 12.4. The van der Waals surface area contributed by atoms with Crippen molar-refractivity contribution in [2.45, 2.75) is 31.3 Å². The standard InChI is InChI=1S/C16H22Cl2N2O2/c1-22-16(6-9-19-10-7-16)15(21)20-8-2-3-12-4-5-13(17)11-14(12)18/h4-5,11,19H,2-3,6-10H2,1H3,(H,20,21). The highest BCUT2D eigenvalue weighted by Gasteiger charge is 2.39. The van der Waals surface area contributed by atoms with Gasteiger partial charge in [0.2, 0.25) is 0 Å². The van der Waals surface area contributed by atoms with Gasteiger partial charge in [0.25, 0.3) is 5.91 Å². The Labute approximate surface area is 141 Å². The van der Waals surface area contributed by atoms with Crippen LogP contribution < -0.4 is 10.6 Å². The van der Waals surface area contributed by atoms with E-state index in [-0.39, 0.29) is 5.91 Å². The second kappa shape index (κ2) is 8.16. The predicted molar refractivity (Wildman–Crippen MR) is 89.6 cm³/mol. The van der Waals surface area contributed by atoms with Crippen molar-refractivity contribution in [1.29, 1.82) is 0 Å². The highest BCUT2D eigenvalue weighted by Crippen LogP contribution is 2.23. The molecule has 0 bridgehead atoms. The Morgan fingerprint density at radius 2 is 2.09 bits per heavy atom. The second-order valence-electron chi connectivity index (χ2n) is 5.54. The summed E-state index contributed by atoms with van der Waals surface area (Å²) in [5, 5.41) is 7.53. The average Bonchev–Trinajstić information content (AvgIpc) is 2.53. The Hall–Kier alpha value is -0.810. The van der Waals surface area contributed by atoms with Gasteiger partial charge in [0.05, 0.1) is 0 Å². The van der Waals surface area contributed by atoms with Crippen molar-refractivity contribution in [3.8, 4) is 0 Å². The number of ether oxygens (including phenoxy) is 1. The van der Waals surface area contributed by atoms with E-state index >= 15 is 0 Å². The van der Waals surface area contributed by atoms with E-state index in [4.69, 9.17) is 27.9 Å². The van der Waals surface area contributed by atoms with Crippen molar-refractivity contribution in [2.24, 2.45) is 0 Å². The number of hydrogen-bond acceptors (Lipinski definition) is 3. The molecule has 6 heteroatoms. The molecule has 1 saturated heterocycles. The minimum absolute atomic E-state index is 0.0151. The fraction of sp³-hybridized carbons (Fsp3) is 0.562. The van der Waals surface area contributed by atoms with Crippen LogP contribution >= 0.6 is 23.2 Å². The lowest BCUT2D eigenvalue weighted by Gasteiger charge is -2.34. The zero-order valence-corrected chi connectivity index (χ0v) is 14.3. The van der Waals surface area contributed by atoms with E-state index in [9.17, 15) is 4.79 Å². The summed E-state index contributed by atoms with van der Waals surface area (Å²) < 4.78 is 5.50. The topological polar surface area (TPSA) is 50.4 Å². The molecule has 1 aromatic rings. The van der Waals surface area contributed by atoms with E-state index in [1.165, 1.54) is 0 Å². The molecule has 2 rings (SSSR count). The van der Waals surface area contributed by atoms with Crippen molar-refractivity contribution >= 4 is 29.1 Å². The number of piperidine rings is 1. The molecule has 2 N–H and O–H groups in total. The number of methoxy groups -OCH3 is 1. The van der Waals surface area contributed by atoms with E-state index in [1.54, 1.807) is 13.2 Å². The molecule has 122 valence electrons. The normalized spacial score (nSPS) is 17.2. The third-order valence-corrected chi connectivity index (χ3v) is 4.73. The smallest absolute Gasteiger partial charge is 0.252 e. The maximum Gasteiger partial charge on any atom is 0.252 e. The van der Waals surface area contributed by atoms with Crippen LogP contribution in [0.3, 0.4) is 0 Å². The summed E-state index contributed by atoms with van der Waals surface area (Å²) >= 11 is 12.0. The fourth-order valence-electron chi connectivity index (χ4n) is 2.72. The fourth-order valence-corrected chi connectivity index (χ4v) is 3.22. The Bertz CT molecular complexity index is 517. The van der Waals surface area contributed by atoms with Crippen LogP contribution in [0.25, 0.3) is 0 Å². The molecule has 1 aliphatic rings. The van der Waals surface area contributed by atoms with E-state index < -0.39 is 5.60 Å². The first-order valence-corrected chi connectivity index (χ1v) is 8.31. The van der Waals surface area contributed by atoms with Gasteiger partial charge in [-0.3, -0.25) is 4.79 Å². The minimum atomic E-state index is -0.677. The molecule has 0 unspecified atom stereocenters. The van der Waals surface area contributed by atoms with Crippen molar-refractivity contribution in [3.63, 3.8) is 0 Å². The van der Waals surface area contributed by atoms with Crippen molar-refractivity contribution in [3.05, 3.63) is 33.8 Å². The lowest BCUT2D eigenvalue weighted by atomic mass is 9.91. The Balaban J connectivity index is 1.79. The Morgan fingerprint density at radius 1 is 1.36 bits per heavy atom. The monoisotopic (exact) mass is 344 g/mol. The molecule has 0 atom stereocenters. The van der Waals surface area contributed by atoms with E-state index in [0.29, 0.717) is 29.4 Å². The first-order chi connectivity index (χ1) is 10.6. The van der Waals surface area contributed by atoms with Gasteiger partial charge in [-0.1, -0.05) is 29.3 Å². The number of aryl methyl sites for hydroxylation is 1. The van der Waals surface area contributed by atoms with Crippen LogP contribution in [0.5, 0.6) is 0 Å². The van der Waals surface area contributed by atoms with Crippen LogP contribution in [0, 0.1) is 0 Å². The number of rotatable bonds is 6. The van der Waals surface area contributed by atoms with Crippen LogP contribution in [0.4, 0.5) is 0 Å². The van der Waals surface area contributed by atoms with Crippen LogP contribution in [0.1, 0.15) is 24.8 Å². The predicted octanol–water partition coefficient (Wildman–Crippen LogP) is 2.81. The van der Waals surface area contributed by atoms with Gasteiger partial charge in [-0.05, 0) is 56.5 Å². The molecule has 1 fully saturated rings. The molecule has 1 amide bonds. The zero-order valence-electron chi connectivity index (χ0n) is 12.8. The van der Waals surface area contributed by atoms with Crippen LogP contribution in [0.2, 0.25) is 10.0 Å². The maximum absolute atomic E-state index is 12.4. The largest absolute Gasteiger partial charge is 0.368 e. The molecule has 1 heterocycles. The third kappa shape index (κ3) is 4.35. The number of amides is 1. The number of halogens is 2. The van der Waals surface area contributed by atoms with Crippen LogP contribution in [-0.4, -0.2) is 38.3 Å². The first-order valence-electron chi connectivity index (χ1n) is 7.55. The van der Waals surface area contributed by atoms with Crippen molar-refractivity contribution < 1.29 is 9.53 Å². The molecule has 0 saturated carbocycles. The number of hydrogen-bond donors (Lipinski definition) is 2. The molecule has 0 radical (unpaired) electrons. The molecule has 0 spiro atoms. The molecular formula is C16H22Cl2N2O2. The van der Waals surface area contributed by atoms with Crippen molar-refractivity contribution in [2.75, 3.05) is 26.7 Å². The highest BCUT2D eigenvalue weighted by atomic mass is 35.5. The summed E-state index contributed by atoms with van der Waals surface area (Å²) in [6.07, 6.45) is 3.04. The summed E-state index contributed by atoms with van der Waals surface area (Å²) in [5.41, 5.74) is 0.368. The molecule has 4 nitrogen and oxygen atoms in total. The van der Waals surface area contributed by atoms with Gasteiger partial charge >= 0.3 is 0 Å². The summed E-state index contributed by atoms with van der Waals surface area (Å²) in [6, 6.07) is 5.50. The molecule has 0 aliphatic carbocycles. The third-order valence-electron chi connectivity index (χ3n) is 4.14. The zero-order chi connectivity index (χ0) is 16.0. The minimum Gasteiger partial charge on any atom is -0.368 e.